The minimum Gasteiger partial charge on any atom is -0.494 e. The van der Waals surface area contributed by atoms with Crippen molar-refractivity contribution in [2.45, 2.75) is 31.6 Å². The zero-order valence-electron chi connectivity index (χ0n) is 16.2. The Kier molecular flexibility index (Phi) is 6.98. The van der Waals surface area contributed by atoms with E-state index in [0.717, 1.165) is 21.2 Å². The molecule has 0 aliphatic heterocycles. The van der Waals surface area contributed by atoms with Crippen molar-refractivity contribution < 1.29 is 17.9 Å². The summed E-state index contributed by atoms with van der Waals surface area (Å²) in [6, 6.07) is 12.5. The molecule has 2 rings (SSSR count). The van der Waals surface area contributed by atoms with E-state index in [9.17, 15) is 13.2 Å². The van der Waals surface area contributed by atoms with Crippen LogP contribution < -0.4 is 10.1 Å². The molecule has 7 heteroatoms. The van der Waals surface area contributed by atoms with Gasteiger partial charge in [-0.1, -0.05) is 18.2 Å². The zero-order valence-corrected chi connectivity index (χ0v) is 17.0. The van der Waals surface area contributed by atoms with E-state index in [4.69, 9.17) is 4.74 Å². The highest BCUT2D eigenvalue weighted by Crippen LogP contribution is 2.22. The summed E-state index contributed by atoms with van der Waals surface area (Å²) in [7, 11) is -0.597. The van der Waals surface area contributed by atoms with Crippen LogP contribution >= 0.6 is 0 Å². The summed E-state index contributed by atoms with van der Waals surface area (Å²) in [5.74, 6) is 0.609. The molecule has 1 amide bonds. The Labute approximate surface area is 161 Å². The van der Waals surface area contributed by atoms with Crippen LogP contribution in [0.15, 0.2) is 47.4 Å². The topological polar surface area (TPSA) is 75.7 Å². The predicted molar refractivity (Wildman–Crippen MR) is 107 cm³/mol. The third-order valence-electron chi connectivity index (χ3n) is 4.07. The molecule has 6 nitrogen and oxygen atoms in total. The summed E-state index contributed by atoms with van der Waals surface area (Å²) in [5.41, 5.74) is 2.42. The number of carbonyl (C=O) groups is 1. The van der Waals surface area contributed by atoms with Gasteiger partial charge in [-0.3, -0.25) is 4.79 Å². The van der Waals surface area contributed by atoms with Crippen molar-refractivity contribution in [1.29, 1.82) is 0 Å². The van der Waals surface area contributed by atoms with E-state index >= 15 is 0 Å². The maximum atomic E-state index is 12.2. The Bertz CT molecular complexity index is 908. The molecule has 0 spiro atoms. The lowest BCUT2D eigenvalue weighted by molar-refractivity contribution is -0.116. The van der Waals surface area contributed by atoms with Gasteiger partial charge in [0, 0.05) is 26.2 Å². The van der Waals surface area contributed by atoms with Crippen LogP contribution in [0.3, 0.4) is 0 Å². The van der Waals surface area contributed by atoms with Gasteiger partial charge < -0.3 is 10.1 Å². The first-order chi connectivity index (χ1) is 12.7. The first-order valence-corrected chi connectivity index (χ1v) is 10.2. The fourth-order valence-corrected chi connectivity index (χ4v) is 3.38. The smallest absolute Gasteiger partial charge is 0.242 e. The summed E-state index contributed by atoms with van der Waals surface area (Å²) < 4.78 is 31.3. The maximum absolute atomic E-state index is 12.2. The van der Waals surface area contributed by atoms with Crippen molar-refractivity contribution in [2.24, 2.45) is 0 Å². The van der Waals surface area contributed by atoms with Crippen LogP contribution in [0.1, 0.15) is 24.0 Å². The number of amides is 1. The molecule has 0 aromatic heterocycles. The monoisotopic (exact) mass is 390 g/mol. The predicted octanol–water partition coefficient (Wildman–Crippen LogP) is 3.35. The highest BCUT2D eigenvalue weighted by molar-refractivity contribution is 7.89. The second-order valence-electron chi connectivity index (χ2n) is 6.58. The number of benzene rings is 2. The summed E-state index contributed by atoms with van der Waals surface area (Å²) in [4.78, 5) is 12.3. The Morgan fingerprint density at radius 2 is 1.85 bits per heavy atom. The number of hydrogen-bond acceptors (Lipinski definition) is 4. The minimum atomic E-state index is -3.55. The quantitative estimate of drug-likeness (QED) is 0.702. The number of anilines is 1. The van der Waals surface area contributed by atoms with Crippen LogP contribution in [0, 0.1) is 13.8 Å². The maximum Gasteiger partial charge on any atom is 0.242 e. The zero-order chi connectivity index (χ0) is 20.0. The molecule has 0 aliphatic carbocycles. The van der Waals surface area contributed by atoms with Gasteiger partial charge >= 0.3 is 0 Å². The lowest BCUT2D eigenvalue weighted by Gasteiger charge is -2.14. The van der Waals surface area contributed by atoms with E-state index in [2.05, 4.69) is 5.32 Å². The molecule has 0 fully saturated rings. The average Bonchev–Trinajstić information content (AvgIpc) is 2.60. The summed E-state index contributed by atoms with van der Waals surface area (Å²) in [5, 5.41) is 2.79. The summed E-state index contributed by atoms with van der Waals surface area (Å²) in [6.07, 6.45) is 0.852. The van der Waals surface area contributed by atoms with Gasteiger partial charge in [0.05, 0.1) is 11.5 Å². The second kappa shape index (κ2) is 9.01. The van der Waals surface area contributed by atoms with Crippen molar-refractivity contribution in [2.75, 3.05) is 26.0 Å². The number of nitrogens with zero attached hydrogens (tertiary/aromatic N) is 1. The van der Waals surface area contributed by atoms with Crippen molar-refractivity contribution in [1.82, 2.24) is 4.31 Å². The Morgan fingerprint density at radius 1 is 1.11 bits per heavy atom. The van der Waals surface area contributed by atoms with E-state index in [1.807, 2.05) is 38.1 Å². The molecule has 146 valence electrons. The standard InChI is InChI=1S/C20H26N2O4S/c1-15-7-5-8-17(13-15)26-12-6-9-20(23)21-19-14-18(11-10-16(19)2)27(24,25)22(3)4/h5,7-8,10-11,13-14H,6,9,12H2,1-4H3,(H,21,23). The molecule has 0 saturated heterocycles. The Balaban J connectivity index is 1.91. The number of nitrogens with one attached hydrogen (secondary N) is 1. The Hall–Kier alpha value is -2.38. The number of sulfonamides is 1. The molecular weight excluding hydrogens is 364 g/mol. The van der Waals surface area contributed by atoms with Crippen LogP contribution in [0.25, 0.3) is 0 Å². The van der Waals surface area contributed by atoms with Gasteiger partial charge in [0.15, 0.2) is 0 Å². The lowest BCUT2D eigenvalue weighted by atomic mass is 10.2. The first kappa shape index (κ1) is 20.9. The molecule has 0 heterocycles. The number of aryl methyl sites for hydroxylation is 2. The molecule has 0 radical (unpaired) electrons. The van der Waals surface area contributed by atoms with Crippen LogP contribution in [0.5, 0.6) is 5.75 Å². The van der Waals surface area contributed by atoms with E-state index < -0.39 is 10.0 Å². The van der Waals surface area contributed by atoms with E-state index in [-0.39, 0.29) is 17.2 Å². The number of rotatable bonds is 8. The van der Waals surface area contributed by atoms with Crippen molar-refractivity contribution in [3.05, 3.63) is 53.6 Å². The van der Waals surface area contributed by atoms with Gasteiger partial charge in [-0.05, 0) is 55.7 Å². The molecule has 2 aromatic rings. The fraction of sp³-hybridized carbons (Fsp3) is 0.350. The van der Waals surface area contributed by atoms with Gasteiger partial charge in [-0.15, -0.1) is 0 Å². The van der Waals surface area contributed by atoms with Crippen molar-refractivity contribution in [3.63, 3.8) is 0 Å². The SMILES string of the molecule is Cc1cccc(OCCCC(=O)Nc2cc(S(=O)(=O)N(C)C)ccc2C)c1. The number of hydrogen-bond donors (Lipinski definition) is 1. The molecule has 27 heavy (non-hydrogen) atoms. The fourth-order valence-electron chi connectivity index (χ4n) is 2.45. The van der Waals surface area contributed by atoms with Gasteiger partial charge in [0.25, 0.3) is 0 Å². The minimum absolute atomic E-state index is 0.149. The molecular formula is C20H26N2O4S. The molecule has 0 saturated carbocycles. The molecule has 0 bridgehead atoms. The average molecular weight is 391 g/mol. The van der Waals surface area contributed by atoms with E-state index in [0.29, 0.717) is 18.7 Å². The number of carbonyl (C=O) groups excluding carboxylic acids is 1. The van der Waals surface area contributed by atoms with Gasteiger partial charge in [-0.2, -0.15) is 0 Å². The molecule has 2 aromatic carbocycles. The van der Waals surface area contributed by atoms with Crippen LogP contribution in [-0.2, 0) is 14.8 Å². The highest BCUT2D eigenvalue weighted by atomic mass is 32.2. The molecule has 0 aliphatic rings. The van der Waals surface area contributed by atoms with Crippen molar-refractivity contribution >= 4 is 21.6 Å². The summed E-state index contributed by atoms with van der Waals surface area (Å²) >= 11 is 0. The second-order valence-corrected chi connectivity index (χ2v) is 8.73. The van der Waals surface area contributed by atoms with Gasteiger partial charge in [0.1, 0.15) is 5.75 Å². The number of ether oxygens (including phenoxy) is 1. The van der Waals surface area contributed by atoms with Crippen LogP contribution in [0.2, 0.25) is 0 Å². The largest absolute Gasteiger partial charge is 0.494 e. The lowest BCUT2D eigenvalue weighted by Crippen LogP contribution is -2.22. The summed E-state index contributed by atoms with van der Waals surface area (Å²) in [6.45, 7) is 4.25. The normalized spacial score (nSPS) is 11.4. The van der Waals surface area contributed by atoms with Gasteiger partial charge in [-0.25, -0.2) is 12.7 Å². The first-order valence-electron chi connectivity index (χ1n) is 8.72. The molecule has 0 atom stereocenters. The molecule has 0 unspecified atom stereocenters. The van der Waals surface area contributed by atoms with Gasteiger partial charge in [0.2, 0.25) is 15.9 Å². The highest BCUT2D eigenvalue weighted by Gasteiger charge is 2.18. The van der Waals surface area contributed by atoms with Crippen LogP contribution in [0.4, 0.5) is 5.69 Å². The van der Waals surface area contributed by atoms with Crippen molar-refractivity contribution in [3.8, 4) is 5.75 Å². The third kappa shape index (κ3) is 5.80. The third-order valence-corrected chi connectivity index (χ3v) is 5.88. The Morgan fingerprint density at radius 3 is 2.52 bits per heavy atom. The molecule has 1 N–H and O–H groups in total. The van der Waals surface area contributed by atoms with E-state index in [1.54, 1.807) is 6.07 Å². The van der Waals surface area contributed by atoms with E-state index in [1.165, 1.54) is 26.2 Å². The van der Waals surface area contributed by atoms with Crippen LogP contribution in [-0.4, -0.2) is 39.3 Å².